The number of aliphatic hydroxyl groups excluding tert-OH is 1. The molecule has 0 rings (SSSR count). The number of hydrogen-bond acceptors (Lipinski definition) is 10. The van der Waals surface area contributed by atoms with Crippen LogP contribution in [0.25, 0.3) is 0 Å². The van der Waals surface area contributed by atoms with E-state index in [2.05, 4.69) is 69.4 Å². The summed E-state index contributed by atoms with van der Waals surface area (Å²) < 4.78 is 39.5. The third kappa shape index (κ3) is 52.3. The van der Waals surface area contributed by atoms with Crippen molar-refractivity contribution in [1.29, 1.82) is 0 Å². The summed E-state index contributed by atoms with van der Waals surface area (Å²) in [5, 5.41) is 9.81. The topological polar surface area (TPSA) is 155 Å². The monoisotopic (exact) mass is 1040 g/mol. The number of phosphoric ester groups is 1. The average molecular weight is 1040 g/mol. The molecule has 0 aromatic heterocycles. The maximum Gasteiger partial charge on any atom is 0.472 e. The van der Waals surface area contributed by atoms with Gasteiger partial charge in [-0.2, -0.15) is 0 Å². The lowest BCUT2D eigenvalue weighted by atomic mass is 10.0. The Labute approximate surface area is 441 Å². The van der Waals surface area contributed by atoms with E-state index in [1.54, 1.807) is 0 Å². The van der Waals surface area contributed by atoms with E-state index in [1.807, 2.05) is 0 Å². The predicted molar refractivity (Wildman–Crippen MR) is 298 cm³/mol. The Hall–Kier alpha value is -2.56. The number of rotatable bonds is 55. The molecule has 3 atom stereocenters. The fourth-order valence-electron chi connectivity index (χ4n) is 8.25. The first-order valence-corrected chi connectivity index (χ1v) is 31.0. The molecular weight excluding hydrogens is 928 g/mol. The van der Waals surface area contributed by atoms with Crippen LogP contribution >= 0.6 is 7.82 Å². The van der Waals surface area contributed by atoms with Crippen LogP contribution in [-0.2, 0) is 42.2 Å². The van der Waals surface area contributed by atoms with Gasteiger partial charge in [-0.1, -0.05) is 230 Å². The van der Waals surface area contributed by atoms with Gasteiger partial charge in [-0.05, 0) is 77.0 Å². The lowest BCUT2D eigenvalue weighted by molar-refractivity contribution is -0.161. The van der Waals surface area contributed by atoms with Crippen molar-refractivity contribution in [2.45, 2.75) is 290 Å². The Morgan fingerprint density at radius 3 is 1.12 bits per heavy atom. The smallest absolute Gasteiger partial charge is 0.462 e. The summed E-state index contributed by atoms with van der Waals surface area (Å²) >= 11 is 0. The third-order valence-electron chi connectivity index (χ3n) is 12.7. The number of aliphatic hydroxyl groups is 1. The van der Waals surface area contributed by atoms with Crippen LogP contribution in [0.3, 0.4) is 0 Å². The summed E-state index contributed by atoms with van der Waals surface area (Å²) in [6, 6.07) is 0. The number of unbranched alkanes of at least 4 members (excludes halogenated alkanes) is 30. The molecule has 0 amide bonds. The Kier molecular flexibility index (Phi) is 52.7. The van der Waals surface area contributed by atoms with E-state index in [4.69, 9.17) is 23.3 Å². The Morgan fingerprint density at radius 2 is 0.722 bits per heavy atom. The van der Waals surface area contributed by atoms with Gasteiger partial charge in [0.1, 0.15) is 12.7 Å². The number of carbonyl (C=O) groups excluding carboxylic acids is 3. The number of ether oxygens (including phenoxy) is 3. The standard InChI is InChI=1S/C60H109O11P/c1-4-7-10-13-16-19-22-25-27-28-30-33-36-39-42-45-48-51-60(64)71-57(53-67-58(62)49-46-43-40-37-34-31-24-21-18-15-12-9-6-3)55-69-72(65,66)68-54-56(52-61)70-59(63)50-47-44-41-38-35-32-29-26-23-20-17-14-11-8-5-2/h8,11,17,20,25-27,29,56-57,61H,4-7,9-10,12-16,18-19,21-24,28,30-55H2,1-3H3,(H,65,66)/b11-8-,20-17-,27-25-,29-26-. The van der Waals surface area contributed by atoms with Crippen molar-refractivity contribution in [2.75, 3.05) is 26.4 Å². The van der Waals surface area contributed by atoms with Crippen LogP contribution in [0, 0.1) is 0 Å². The van der Waals surface area contributed by atoms with Crippen molar-refractivity contribution in [3.8, 4) is 0 Å². The van der Waals surface area contributed by atoms with Gasteiger partial charge in [0.15, 0.2) is 6.10 Å². The highest BCUT2D eigenvalue weighted by Gasteiger charge is 2.28. The fourth-order valence-corrected chi connectivity index (χ4v) is 9.03. The molecule has 0 aliphatic heterocycles. The predicted octanol–water partition coefficient (Wildman–Crippen LogP) is 17.4. The van der Waals surface area contributed by atoms with Gasteiger partial charge in [-0.3, -0.25) is 23.4 Å². The molecule has 2 N–H and O–H groups in total. The van der Waals surface area contributed by atoms with E-state index in [9.17, 15) is 28.9 Å². The first-order valence-electron chi connectivity index (χ1n) is 29.5. The highest BCUT2D eigenvalue weighted by atomic mass is 31.2. The number of phosphoric acid groups is 1. The molecule has 420 valence electrons. The third-order valence-corrected chi connectivity index (χ3v) is 13.7. The zero-order valence-corrected chi connectivity index (χ0v) is 47.3. The Bertz CT molecular complexity index is 1400. The molecule has 0 aliphatic rings. The van der Waals surface area contributed by atoms with Gasteiger partial charge in [-0.15, -0.1) is 0 Å². The van der Waals surface area contributed by atoms with Gasteiger partial charge in [0.2, 0.25) is 0 Å². The maximum absolute atomic E-state index is 12.9. The largest absolute Gasteiger partial charge is 0.472 e. The van der Waals surface area contributed by atoms with Crippen molar-refractivity contribution < 1.29 is 52.2 Å². The molecule has 0 aromatic carbocycles. The van der Waals surface area contributed by atoms with E-state index in [1.165, 1.54) is 122 Å². The molecule has 0 radical (unpaired) electrons. The average Bonchev–Trinajstić information content (AvgIpc) is 3.37. The molecule has 3 unspecified atom stereocenters. The quantitative estimate of drug-likeness (QED) is 0.0197. The van der Waals surface area contributed by atoms with Gasteiger partial charge >= 0.3 is 25.7 Å². The minimum atomic E-state index is -4.75. The normalized spacial score (nSPS) is 13.7. The van der Waals surface area contributed by atoms with Gasteiger partial charge < -0.3 is 24.2 Å². The van der Waals surface area contributed by atoms with Crippen LogP contribution in [0.5, 0.6) is 0 Å². The van der Waals surface area contributed by atoms with Crippen molar-refractivity contribution in [3.05, 3.63) is 48.6 Å². The molecule has 0 aromatic rings. The zero-order valence-electron chi connectivity index (χ0n) is 46.4. The SMILES string of the molecule is CC/C=C\C/C=C\C/C=C\CCCCCCCC(=O)OC(CO)COP(=O)(O)OCC(COC(=O)CCCCCCCCCCCCCCC)OC(=O)CCCCCCCCC/C=C\CCCCCCCC. The van der Waals surface area contributed by atoms with Gasteiger partial charge in [-0.25, -0.2) is 4.57 Å². The summed E-state index contributed by atoms with van der Waals surface area (Å²) in [4.78, 5) is 48.5. The first kappa shape index (κ1) is 69.4. The molecule has 12 heteroatoms. The molecule has 0 fully saturated rings. The van der Waals surface area contributed by atoms with E-state index in [0.717, 1.165) is 96.3 Å². The van der Waals surface area contributed by atoms with Crippen molar-refractivity contribution in [2.24, 2.45) is 0 Å². The number of allylic oxidation sites excluding steroid dienone is 8. The van der Waals surface area contributed by atoms with Crippen LogP contribution in [0.1, 0.15) is 278 Å². The van der Waals surface area contributed by atoms with Crippen LogP contribution in [0.2, 0.25) is 0 Å². The molecule has 0 heterocycles. The van der Waals surface area contributed by atoms with E-state index >= 15 is 0 Å². The van der Waals surface area contributed by atoms with Crippen LogP contribution in [0.15, 0.2) is 48.6 Å². The second kappa shape index (κ2) is 54.7. The molecule has 0 saturated carbocycles. The Balaban J connectivity index is 4.70. The zero-order chi connectivity index (χ0) is 52.7. The second-order valence-electron chi connectivity index (χ2n) is 19.8. The summed E-state index contributed by atoms with van der Waals surface area (Å²) in [6.45, 7) is 4.54. The fraction of sp³-hybridized carbons (Fsp3) is 0.817. The van der Waals surface area contributed by atoms with E-state index in [0.29, 0.717) is 19.3 Å². The summed E-state index contributed by atoms with van der Waals surface area (Å²) in [6.07, 6.45) is 57.8. The minimum absolute atomic E-state index is 0.159. The van der Waals surface area contributed by atoms with Gasteiger partial charge in [0, 0.05) is 19.3 Å². The number of hydrogen-bond donors (Lipinski definition) is 2. The lowest BCUT2D eigenvalue weighted by Gasteiger charge is -2.21. The van der Waals surface area contributed by atoms with Crippen LogP contribution in [-0.4, -0.2) is 66.5 Å². The van der Waals surface area contributed by atoms with Crippen LogP contribution < -0.4 is 0 Å². The molecule has 11 nitrogen and oxygen atoms in total. The van der Waals surface area contributed by atoms with Gasteiger partial charge in [0.05, 0.1) is 19.8 Å². The lowest BCUT2D eigenvalue weighted by Crippen LogP contribution is -2.30. The van der Waals surface area contributed by atoms with E-state index < -0.39 is 57.8 Å². The molecule has 0 bridgehead atoms. The highest BCUT2D eigenvalue weighted by Crippen LogP contribution is 2.43. The van der Waals surface area contributed by atoms with Crippen molar-refractivity contribution >= 4 is 25.7 Å². The van der Waals surface area contributed by atoms with Crippen LogP contribution in [0.4, 0.5) is 0 Å². The van der Waals surface area contributed by atoms with Gasteiger partial charge in [0.25, 0.3) is 0 Å². The molecule has 0 spiro atoms. The molecule has 0 aliphatic carbocycles. The summed E-state index contributed by atoms with van der Waals surface area (Å²) in [7, 11) is -4.75. The number of esters is 3. The number of carbonyl (C=O) groups is 3. The van der Waals surface area contributed by atoms with Crippen molar-refractivity contribution in [3.63, 3.8) is 0 Å². The summed E-state index contributed by atoms with van der Waals surface area (Å²) in [5.41, 5.74) is 0. The van der Waals surface area contributed by atoms with E-state index in [-0.39, 0.29) is 25.9 Å². The Morgan fingerprint density at radius 1 is 0.403 bits per heavy atom. The second-order valence-corrected chi connectivity index (χ2v) is 21.2. The minimum Gasteiger partial charge on any atom is -0.462 e. The molecule has 72 heavy (non-hydrogen) atoms. The summed E-state index contributed by atoms with van der Waals surface area (Å²) in [5.74, 6) is -1.47. The molecule has 0 saturated heterocycles. The highest BCUT2D eigenvalue weighted by molar-refractivity contribution is 7.47. The first-order chi connectivity index (χ1) is 35.2. The molecular formula is C60H109O11P. The maximum atomic E-state index is 12.9. The van der Waals surface area contributed by atoms with Crippen molar-refractivity contribution in [1.82, 2.24) is 0 Å².